The van der Waals surface area contributed by atoms with Crippen LogP contribution in [0.2, 0.25) is 0 Å². The minimum Gasteiger partial charge on any atom is -0.497 e. The molecule has 0 saturated heterocycles. The number of methoxy groups -OCH3 is 1. The Kier molecular flexibility index (Phi) is 6.22. The van der Waals surface area contributed by atoms with Crippen molar-refractivity contribution in [1.82, 2.24) is 5.32 Å². The van der Waals surface area contributed by atoms with Gasteiger partial charge in [0.15, 0.2) is 0 Å². The van der Waals surface area contributed by atoms with Crippen molar-refractivity contribution >= 4 is 18.1 Å². The maximum Gasteiger partial charge on any atom is 0.407 e. The fourth-order valence-corrected chi connectivity index (χ4v) is 3.97. The van der Waals surface area contributed by atoms with Crippen LogP contribution >= 0.6 is 0 Å². The van der Waals surface area contributed by atoms with Crippen LogP contribution < -0.4 is 10.1 Å². The van der Waals surface area contributed by atoms with E-state index in [0.717, 1.165) is 11.1 Å². The first-order chi connectivity index (χ1) is 15.6. The Bertz CT molecular complexity index is 1140. The molecule has 162 valence electrons. The lowest BCUT2D eigenvalue weighted by Gasteiger charge is -2.14. The van der Waals surface area contributed by atoms with E-state index in [-0.39, 0.29) is 24.6 Å². The van der Waals surface area contributed by atoms with Crippen molar-refractivity contribution in [3.05, 3.63) is 95.1 Å². The molecule has 1 amide bonds. The summed E-state index contributed by atoms with van der Waals surface area (Å²) in [6, 6.07) is 21.1. The zero-order valence-electron chi connectivity index (χ0n) is 17.6. The van der Waals surface area contributed by atoms with E-state index in [4.69, 9.17) is 9.47 Å². The van der Waals surface area contributed by atoms with E-state index in [1.54, 1.807) is 24.3 Å². The van der Waals surface area contributed by atoms with Gasteiger partial charge in [-0.1, -0.05) is 66.7 Å². The number of carbonyl (C=O) groups excluding carboxylic acids is 1. The monoisotopic (exact) mass is 429 g/mol. The molecule has 4 rings (SSSR count). The van der Waals surface area contributed by atoms with Gasteiger partial charge >= 0.3 is 12.1 Å². The van der Waals surface area contributed by atoms with Gasteiger partial charge < -0.3 is 19.9 Å². The van der Waals surface area contributed by atoms with Crippen molar-refractivity contribution < 1.29 is 24.2 Å². The number of amides is 1. The number of carboxylic acids is 1. The Morgan fingerprint density at radius 3 is 2.28 bits per heavy atom. The molecule has 0 radical (unpaired) electrons. The number of carboxylic acid groups (broad SMARTS) is 1. The van der Waals surface area contributed by atoms with Gasteiger partial charge in [-0.15, -0.1) is 0 Å². The third-order valence-electron chi connectivity index (χ3n) is 5.50. The number of alkyl carbamates (subject to hydrolysis) is 1. The lowest BCUT2D eigenvalue weighted by molar-refractivity contribution is 0.0696. The van der Waals surface area contributed by atoms with Crippen molar-refractivity contribution in [2.75, 3.05) is 20.3 Å². The standard InChI is InChI=1S/C26H23NO5/c1-31-18-13-12-17(23(15-18)25(28)29)7-6-14-27-26(30)32-16-24-21-10-4-2-8-19(21)20-9-3-5-11-22(20)24/h2-13,15,24H,14,16H2,1H3,(H,27,30)(H,28,29). The average Bonchev–Trinajstić information content (AvgIpc) is 3.14. The highest BCUT2D eigenvalue weighted by Gasteiger charge is 2.28. The maximum absolute atomic E-state index is 12.2. The van der Waals surface area contributed by atoms with Crippen LogP contribution in [0, 0.1) is 0 Å². The van der Waals surface area contributed by atoms with Gasteiger partial charge in [-0.25, -0.2) is 9.59 Å². The second-order valence-electron chi connectivity index (χ2n) is 7.37. The zero-order chi connectivity index (χ0) is 22.5. The molecule has 6 heteroatoms. The third-order valence-corrected chi connectivity index (χ3v) is 5.50. The van der Waals surface area contributed by atoms with Crippen LogP contribution in [0.4, 0.5) is 4.79 Å². The fourth-order valence-electron chi connectivity index (χ4n) is 3.97. The normalized spacial score (nSPS) is 12.3. The third kappa shape index (κ3) is 4.34. The number of rotatable bonds is 7. The van der Waals surface area contributed by atoms with Crippen LogP contribution in [-0.4, -0.2) is 37.4 Å². The fraction of sp³-hybridized carbons (Fsp3) is 0.154. The Hall–Kier alpha value is -4.06. The Morgan fingerprint density at radius 2 is 1.66 bits per heavy atom. The van der Waals surface area contributed by atoms with Crippen molar-refractivity contribution in [1.29, 1.82) is 0 Å². The first-order valence-electron chi connectivity index (χ1n) is 10.2. The zero-order valence-corrected chi connectivity index (χ0v) is 17.6. The number of aromatic carboxylic acids is 1. The largest absolute Gasteiger partial charge is 0.497 e. The summed E-state index contributed by atoms with van der Waals surface area (Å²) in [6.07, 6.45) is 2.80. The van der Waals surface area contributed by atoms with Crippen LogP contribution in [0.3, 0.4) is 0 Å². The molecule has 0 spiro atoms. The molecule has 3 aromatic rings. The van der Waals surface area contributed by atoms with Gasteiger partial charge in [0.05, 0.1) is 12.7 Å². The van der Waals surface area contributed by atoms with Gasteiger partial charge in [-0.05, 0) is 39.9 Å². The number of carbonyl (C=O) groups is 2. The lowest BCUT2D eigenvalue weighted by atomic mass is 9.98. The molecule has 1 aliphatic rings. The highest BCUT2D eigenvalue weighted by molar-refractivity contribution is 5.92. The summed E-state index contributed by atoms with van der Waals surface area (Å²) in [6.45, 7) is 0.451. The van der Waals surface area contributed by atoms with E-state index in [1.807, 2.05) is 24.3 Å². The highest BCUT2D eigenvalue weighted by Crippen LogP contribution is 2.44. The molecule has 6 nitrogen and oxygen atoms in total. The molecule has 0 bridgehead atoms. The smallest absolute Gasteiger partial charge is 0.407 e. The number of ether oxygens (including phenoxy) is 2. The van der Waals surface area contributed by atoms with Crippen LogP contribution in [0.25, 0.3) is 17.2 Å². The van der Waals surface area contributed by atoms with Crippen molar-refractivity contribution in [3.8, 4) is 16.9 Å². The molecule has 0 unspecified atom stereocenters. The van der Waals surface area contributed by atoms with Gasteiger partial charge in [0.1, 0.15) is 12.4 Å². The molecular formula is C26H23NO5. The van der Waals surface area contributed by atoms with E-state index < -0.39 is 12.1 Å². The minimum atomic E-state index is -1.05. The summed E-state index contributed by atoms with van der Waals surface area (Å²) >= 11 is 0. The summed E-state index contributed by atoms with van der Waals surface area (Å²) in [5, 5.41) is 12.0. The molecule has 0 fully saturated rings. The Labute approximate surface area is 186 Å². The van der Waals surface area contributed by atoms with Crippen LogP contribution in [0.5, 0.6) is 5.75 Å². The van der Waals surface area contributed by atoms with E-state index >= 15 is 0 Å². The van der Waals surface area contributed by atoms with Crippen LogP contribution in [-0.2, 0) is 4.74 Å². The minimum absolute atomic E-state index is 0.00103. The van der Waals surface area contributed by atoms with Crippen LogP contribution in [0.1, 0.15) is 33.0 Å². The maximum atomic E-state index is 12.2. The summed E-state index contributed by atoms with van der Waals surface area (Å²) in [7, 11) is 1.48. The van der Waals surface area contributed by atoms with Crippen molar-refractivity contribution in [2.24, 2.45) is 0 Å². The van der Waals surface area contributed by atoms with Gasteiger partial charge in [0.25, 0.3) is 0 Å². The van der Waals surface area contributed by atoms with Crippen molar-refractivity contribution in [3.63, 3.8) is 0 Å². The number of fused-ring (bicyclic) bond motifs is 3. The number of hydrogen-bond acceptors (Lipinski definition) is 4. The van der Waals surface area contributed by atoms with Crippen LogP contribution in [0.15, 0.2) is 72.8 Å². The molecule has 1 aliphatic carbocycles. The number of nitrogens with one attached hydrogen (secondary N) is 1. The topological polar surface area (TPSA) is 84.9 Å². The first kappa shape index (κ1) is 21.2. The molecule has 0 aromatic heterocycles. The number of hydrogen-bond donors (Lipinski definition) is 2. The van der Waals surface area contributed by atoms with E-state index in [1.165, 1.54) is 24.3 Å². The summed E-state index contributed by atoms with van der Waals surface area (Å²) < 4.78 is 10.6. The molecule has 0 saturated carbocycles. The Morgan fingerprint density at radius 1 is 1.00 bits per heavy atom. The van der Waals surface area contributed by atoms with Gasteiger partial charge in [0.2, 0.25) is 0 Å². The molecular weight excluding hydrogens is 406 g/mol. The number of benzene rings is 3. The molecule has 3 aromatic carbocycles. The molecule has 0 aliphatic heterocycles. The summed E-state index contributed by atoms with van der Waals surface area (Å²) in [5.74, 6) is -0.578. The second-order valence-corrected chi connectivity index (χ2v) is 7.37. The van der Waals surface area contributed by atoms with Gasteiger partial charge in [-0.3, -0.25) is 0 Å². The highest BCUT2D eigenvalue weighted by atomic mass is 16.5. The molecule has 0 heterocycles. The quantitative estimate of drug-likeness (QED) is 0.555. The summed E-state index contributed by atoms with van der Waals surface area (Å²) in [4.78, 5) is 23.7. The van der Waals surface area contributed by atoms with E-state index in [2.05, 4.69) is 29.6 Å². The molecule has 2 N–H and O–H groups in total. The Balaban J connectivity index is 1.35. The molecule has 0 atom stereocenters. The second kappa shape index (κ2) is 9.39. The van der Waals surface area contributed by atoms with Gasteiger partial charge in [0, 0.05) is 12.5 Å². The van der Waals surface area contributed by atoms with E-state index in [0.29, 0.717) is 11.3 Å². The first-order valence-corrected chi connectivity index (χ1v) is 10.2. The van der Waals surface area contributed by atoms with E-state index in [9.17, 15) is 14.7 Å². The predicted molar refractivity (Wildman–Crippen MR) is 122 cm³/mol. The predicted octanol–water partition coefficient (Wildman–Crippen LogP) is 4.95. The SMILES string of the molecule is COc1ccc(C=CCNC(=O)OCC2c3ccccc3-c3ccccc32)c(C(=O)O)c1. The molecule has 32 heavy (non-hydrogen) atoms. The van der Waals surface area contributed by atoms with Crippen molar-refractivity contribution in [2.45, 2.75) is 5.92 Å². The van der Waals surface area contributed by atoms with Gasteiger partial charge in [-0.2, -0.15) is 0 Å². The lowest BCUT2D eigenvalue weighted by Crippen LogP contribution is -2.26. The average molecular weight is 429 g/mol. The summed E-state index contributed by atoms with van der Waals surface area (Å²) in [5.41, 5.74) is 5.31.